The van der Waals surface area contributed by atoms with Gasteiger partial charge in [0, 0.05) is 31.2 Å². The van der Waals surface area contributed by atoms with Gasteiger partial charge in [-0.1, -0.05) is 32.4 Å². The molecule has 0 fully saturated rings. The molecule has 0 aliphatic rings. The van der Waals surface area contributed by atoms with E-state index < -0.39 is 10.0 Å². The average Bonchev–Trinajstić information content (AvgIpc) is 2.50. The quantitative estimate of drug-likeness (QED) is 0.743. The zero-order valence-corrected chi connectivity index (χ0v) is 15.5. The van der Waals surface area contributed by atoms with Crippen LogP contribution in [0.1, 0.15) is 20.8 Å². The smallest absolute Gasteiger partial charge is 0.244 e. The molecule has 0 spiro atoms. The van der Waals surface area contributed by atoms with Crippen molar-refractivity contribution in [3.63, 3.8) is 0 Å². The van der Waals surface area contributed by atoms with Gasteiger partial charge in [-0.3, -0.25) is 4.79 Å². The Morgan fingerprint density at radius 1 is 1.30 bits per heavy atom. The number of amides is 1. The molecule has 1 rings (SSSR count). The van der Waals surface area contributed by atoms with Gasteiger partial charge in [0.2, 0.25) is 15.9 Å². The number of halogens is 1. The normalized spacial score (nSPS) is 13.1. The number of anilines is 1. The van der Waals surface area contributed by atoms with Crippen molar-refractivity contribution in [2.45, 2.75) is 25.7 Å². The van der Waals surface area contributed by atoms with Gasteiger partial charge in [0.05, 0.1) is 5.02 Å². The second kappa shape index (κ2) is 8.63. The Bertz CT molecular complexity index is 645. The first-order valence-electron chi connectivity index (χ1n) is 7.53. The van der Waals surface area contributed by atoms with Crippen molar-refractivity contribution in [3.8, 4) is 0 Å². The van der Waals surface area contributed by atoms with E-state index in [0.717, 1.165) is 0 Å². The molecule has 0 radical (unpaired) electrons. The molecule has 0 heterocycles. The fraction of sp³-hybridized carbons (Fsp3) is 0.533. The summed E-state index contributed by atoms with van der Waals surface area (Å²) in [6, 6.07) is 4.48. The molecule has 1 unspecified atom stereocenters. The lowest BCUT2D eigenvalue weighted by Crippen LogP contribution is -2.31. The second-order valence-electron chi connectivity index (χ2n) is 5.18. The van der Waals surface area contributed by atoms with Gasteiger partial charge in [0.25, 0.3) is 0 Å². The topological polar surface area (TPSA) is 78.5 Å². The van der Waals surface area contributed by atoms with E-state index in [1.54, 1.807) is 33.9 Å². The van der Waals surface area contributed by atoms with Gasteiger partial charge in [-0.15, -0.1) is 0 Å². The molecular weight excluding hydrogens is 338 g/mol. The first-order chi connectivity index (χ1) is 10.8. The molecule has 1 aromatic carbocycles. The molecule has 0 saturated heterocycles. The summed E-state index contributed by atoms with van der Waals surface area (Å²) in [5.74, 6) is -0.425. The highest BCUT2D eigenvalue weighted by Crippen LogP contribution is 2.28. The molecule has 130 valence electrons. The molecule has 1 aromatic rings. The highest BCUT2D eigenvalue weighted by Gasteiger charge is 2.25. The van der Waals surface area contributed by atoms with Crippen molar-refractivity contribution in [2.24, 2.45) is 5.92 Å². The number of nitrogens with zero attached hydrogens (tertiary/aromatic N) is 1. The van der Waals surface area contributed by atoms with Crippen LogP contribution < -0.4 is 10.6 Å². The zero-order valence-electron chi connectivity index (χ0n) is 13.9. The van der Waals surface area contributed by atoms with E-state index in [2.05, 4.69) is 10.6 Å². The van der Waals surface area contributed by atoms with E-state index in [1.807, 2.05) is 0 Å². The first kappa shape index (κ1) is 19.9. The van der Waals surface area contributed by atoms with E-state index in [-0.39, 0.29) is 21.7 Å². The van der Waals surface area contributed by atoms with Crippen LogP contribution in [0.2, 0.25) is 5.02 Å². The number of hydrogen-bond donors (Lipinski definition) is 2. The van der Waals surface area contributed by atoms with Crippen molar-refractivity contribution in [1.82, 2.24) is 9.62 Å². The SMILES string of the molecule is CCN(CC)S(=O)(=O)c1cc(NC(=O)C(C)CNC)ccc1Cl. The van der Waals surface area contributed by atoms with Crippen molar-refractivity contribution >= 4 is 33.2 Å². The standard InChI is InChI=1S/C15H24ClN3O3S/c1-5-19(6-2)23(21,22)14-9-12(7-8-13(14)16)18-15(20)11(3)10-17-4/h7-9,11,17H,5-6,10H2,1-4H3,(H,18,20). The maximum Gasteiger partial charge on any atom is 0.244 e. The third-order valence-electron chi connectivity index (χ3n) is 3.48. The fourth-order valence-electron chi connectivity index (χ4n) is 2.15. The molecule has 0 bridgehead atoms. The predicted molar refractivity (Wildman–Crippen MR) is 93.3 cm³/mol. The van der Waals surface area contributed by atoms with Crippen molar-refractivity contribution in [1.29, 1.82) is 0 Å². The number of carbonyl (C=O) groups excluding carboxylic acids is 1. The number of hydrogen-bond acceptors (Lipinski definition) is 4. The lowest BCUT2D eigenvalue weighted by molar-refractivity contribution is -0.119. The molecule has 1 atom stereocenters. The zero-order chi connectivity index (χ0) is 17.6. The highest BCUT2D eigenvalue weighted by molar-refractivity contribution is 7.89. The summed E-state index contributed by atoms with van der Waals surface area (Å²) in [6.45, 7) is 6.55. The lowest BCUT2D eigenvalue weighted by Gasteiger charge is -2.20. The fourth-order valence-corrected chi connectivity index (χ4v) is 4.10. The molecule has 23 heavy (non-hydrogen) atoms. The molecule has 0 aliphatic carbocycles. The monoisotopic (exact) mass is 361 g/mol. The first-order valence-corrected chi connectivity index (χ1v) is 9.34. The largest absolute Gasteiger partial charge is 0.326 e. The Morgan fingerprint density at radius 3 is 2.43 bits per heavy atom. The van der Waals surface area contributed by atoms with E-state index in [0.29, 0.717) is 25.3 Å². The van der Waals surface area contributed by atoms with Crippen LogP contribution >= 0.6 is 11.6 Å². The number of rotatable bonds is 8. The summed E-state index contributed by atoms with van der Waals surface area (Å²) < 4.78 is 26.5. The van der Waals surface area contributed by atoms with Crippen LogP contribution in [0.5, 0.6) is 0 Å². The van der Waals surface area contributed by atoms with Crippen LogP contribution in [0.15, 0.2) is 23.1 Å². The number of benzene rings is 1. The van der Waals surface area contributed by atoms with E-state index in [4.69, 9.17) is 11.6 Å². The molecule has 2 N–H and O–H groups in total. The predicted octanol–water partition coefficient (Wildman–Crippen LogP) is 2.16. The van der Waals surface area contributed by atoms with Gasteiger partial charge in [-0.25, -0.2) is 8.42 Å². The molecule has 8 heteroatoms. The van der Waals surface area contributed by atoms with Crippen molar-refractivity contribution in [3.05, 3.63) is 23.2 Å². The van der Waals surface area contributed by atoms with E-state index in [1.165, 1.54) is 16.4 Å². The molecular formula is C15H24ClN3O3S. The number of carbonyl (C=O) groups is 1. The van der Waals surface area contributed by atoms with Crippen LogP contribution in [0.4, 0.5) is 5.69 Å². The Kier molecular flexibility index (Phi) is 7.47. The second-order valence-corrected chi connectivity index (χ2v) is 7.50. The summed E-state index contributed by atoms with van der Waals surface area (Å²) in [7, 11) is -1.92. The van der Waals surface area contributed by atoms with Crippen LogP contribution in [0.3, 0.4) is 0 Å². The van der Waals surface area contributed by atoms with Gasteiger partial charge in [0.1, 0.15) is 4.90 Å². The summed E-state index contributed by atoms with van der Waals surface area (Å²) in [4.78, 5) is 12.1. The Hall–Kier alpha value is -1.15. The third-order valence-corrected chi connectivity index (χ3v) is 6.01. The number of nitrogens with one attached hydrogen (secondary N) is 2. The Balaban J connectivity index is 3.11. The lowest BCUT2D eigenvalue weighted by atomic mass is 10.1. The summed E-state index contributed by atoms with van der Waals surface area (Å²) >= 11 is 6.06. The number of sulfonamides is 1. The van der Waals surface area contributed by atoms with Crippen molar-refractivity contribution in [2.75, 3.05) is 32.0 Å². The molecule has 6 nitrogen and oxygen atoms in total. The maximum atomic E-state index is 12.6. The van der Waals surface area contributed by atoms with Gasteiger partial charge >= 0.3 is 0 Å². The van der Waals surface area contributed by atoms with Gasteiger partial charge < -0.3 is 10.6 Å². The average molecular weight is 362 g/mol. The minimum absolute atomic E-state index is 0.00179. The van der Waals surface area contributed by atoms with Gasteiger partial charge in [-0.05, 0) is 25.2 Å². The van der Waals surface area contributed by atoms with Crippen molar-refractivity contribution < 1.29 is 13.2 Å². The highest BCUT2D eigenvalue weighted by atomic mass is 35.5. The maximum absolute atomic E-state index is 12.6. The molecule has 0 aromatic heterocycles. The Labute approximate surface area is 143 Å². The van der Waals surface area contributed by atoms with Crippen LogP contribution in [0, 0.1) is 5.92 Å². The van der Waals surface area contributed by atoms with Gasteiger partial charge in [0.15, 0.2) is 0 Å². The Morgan fingerprint density at radius 2 is 1.91 bits per heavy atom. The summed E-state index contributed by atoms with van der Waals surface area (Å²) in [5.41, 5.74) is 0.410. The summed E-state index contributed by atoms with van der Waals surface area (Å²) in [6.07, 6.45) is 0. The van der Waals surface area contributed by atoms with Crippen LogP contribution in [-0.4, -0.2) is 45.3 Å². The molecule has 0 saturated carbocycles. The molecule has 0 aliphatic heterocycles. The van der Waals surface area contributed by atoms with Crippen LogP contribution in [0.25, 0.3) is 0 Å². The molecule has 1 amide bonds. The van der Waals surface area contributed by atoms with E-state index in [9.17, 15) is 13.2 Å². The third kappa shape index (κ3) is 4.91. The van der Waals surface area contributed by atoms with E-state index >= 15 is 0 Å². The van der Waals surface area contributed by atoms with Gasteiger partial charge in [-0.2, -0.15) is 4.31 Å². The van der Waals surface area contributed by atoms with Crippen LogP contribution in [-0.2, 0) is 14.8 Å². The summed E-state index contributed by atoms with van der Waals surface area (Å²) in [5, 5.41) is 5.78. The minimum atomic E-state index is -3.68. The minimum Gasteiger partial charge on any atom is -0.326 e.